The second kappa shape index (κ2) is 9.49. The highest BCUT2D eigenvalue weighted by atomic mass is 16.5. The molecule has 0 radical (unpaired) electrons. The van der Waals surface area contributed by atoms with Crippen LogP contribution < -0.4 is 10.6 Å². The molecule has 2 aliphatic carbocycles. The first-order valence-electron chi connectivity index (χ1n) is 11.9. The molecule has 0 spiro atoms. The molecule has 1 saturated carbocycles. The number of rotatable bonds is 7. The standard InChI is InChI=1S/C27H32N2O5/c1-26(2,24(31)32)29-23(30)27(14-8-3-9-15-27)17-28-25(33)34-16-22-20-12-6-4-10-18(20)19-11-5-7-13-21(19)22/h4-7,10-13,22H,3,8-9,14-17H2,1-2H3,(H,28,33)(H,29,30)(H,31,32). The van der Waals surface area contributed by atoms with Crippen LogP contribution >= 0.6 is 0 Å². The van der Waals surface area contributed by atoms with Gasteiger partial charge in [0.2, 0.25) is 5.91 Å². The molecule has 2 aliphatic rings. The average molecular weight is 465 g/mol. The van der Waals surface area contributed by atoms with Crippen LogP contribution in [0.25, 0.3) is 11.1 Å². The highest BCUT2D eigenvalue weighted by molar-refractivity contribution is 5.90. The van der Waals surface area contributed by atoms with Gasteiger partial charge < -0.3 is 20.5 Å². The van der Waals surface area contributed by atoms with Crippen LogP contribution in [0.5, 0.6) is 0 Å². The third-order valence-electron chi connectivity index (χ3n) is 7.17. The SMILES string of the molecule is CC(C)(NC(=O)C1(CNC(=O)OCC2c3ccccc3-c3ccccc32)CCCCC1)C(=O)O. The van der Waals surface area contributed by atoms with Gasteiger partial charge >= 0.3 is 12.1 Å². The Morgan fingerprint density at radius 2 is 1.53 bits per heavy atom. The van der Waals surface area contributed by atoms with Crippen molar-refractivity contribution in [3.8, 4) is 11.1 Å². The molecule has 4 rings (SSSR count). The zero-order valence-corrected chi connectivity index (χ0v) is 19.7. The number of carbonyl (C=O) groups excluding carboxylic acids is 2. The summed E-state index contributed by atoms with van der Waals surface area (Å²) in [5.41, 5.74) is 2.37. The number of fused-ring (bicyclic) bond motifs is 3. The highest BCUT2D eigenvalue weighted by Gasteiger charge is 2.43. The largest absolute Gasteiger partial charge is 0.480 e. The first kappa shape index (κ1) is 23.8. The molecule has 2 aromatic carbocycles. The Bertz CT molecular complexity index is 1040. The number of hydrogen-bond acceptors (Lipinski definition) is 4. The smallest absolute Gasteiger partial charge is 0.407 e. The topological polar surface area (TPSA) is 105 Å². The van der Waals surface area contributed by atoms with E-state index in [1.165, 1.54) is 13.8 Å². The monoisotopic (exact) mass is 464 g/mol. The minimum atomic E-state index is -1.38. The van der Waals surface area contributed by atoms with Crippen LogP contribution in [0.15, 0.2) is 48.5 Å². The Balaban J connectivity index is 1.41. The van der Waals surface area contributed by atoms with Crippen LogP contribution in [0.2, 0.25) is 0 Å². The lowest BCUT2D eigenvalue weighted by atomic mass is 9.72. The van der Waals surface area contributed by atoms with E-state index >= 15 is 0 Å². The van der Waals surface area contributed by atoms with E-state index in [1.54, 1.807) is 0 Å². The summed E-state index contributed by atoms with van der Waals surface area (Å²) >= 11 is 0. The average Bonchev–Trinajstić information content (AvgIpc) is 3.15. The molecule has 7 heteroatoms. The van der Waals surface area contributed by atoms with Crippen molar-refractivity contribution in [2.45, 2.75) is 57.4 Å². The van der Waals surface area contributed by atoms with Crippen LogP contribution in [-0.2, 0) is 14.3 Å². The zero-order chi connectivity index (χ0) is 24.3. The van der Waals surface area contributed by atoms with Crippen molar-refractivity contribution in [1.29, 1.82) is 0 Å². The van der Waals surface area contributed by atoms with Crippen molar-refractivity contribution in [1.82, 2.24) is 10.6 Å². The molecule has 2 aromatic rings. The van der Waals surface area contributed by atoms with Crippen molar-refractivity contribution >= 4 is 18.0 Å². The second-order valence-electron chi connectivity index (χ2n) is 9.90. The molecule has 0 aliphatic heterocycles. The number of nitrogens with one attached hydrogen (secondary N) is 2. The van der Waals surface area contributed by atoms with Crippen LogP contribution in [0, 0.1) is 5.41 Å². The Morgan fingerprint density at radius 3 is 2.09 bits per heavy atom. The molecule has 0 atom stereocenters. The summed E-state index contributed by atoms with van der Waals surface area (Å²) in [6, 6.07) is 16.3. The summed E-state index contributed by atoms with van der Waals surface area (Å²) in [5.74, 6) is -1.48. The molecule has 0 unspecified atom stereocenters. The van der Waals surface area contributed by atoms with Gasteiger partial charge in [-0.15, -0.1) is 0 Å². The van der Waals surface area contributed by atoms with E-state index in [9.17, 15) is 19.5 Å². The molecule has 0 aromatic heterocycles. The maximum atomic E-state index is 13.1. The van der Waals surface area contributed by atoms with Gasteiger partial charge in [0, 0.05) is 12.5 Å². The van der Waals surface area contributed by atoms with Gasteiger partial charge in [0.05, 0.1) is 5.41 Å². The first-order chi connectivity index (χ1) is 16.2. The van der Waals surface area contributed by atoms with Gasteiger partial charge in [-0.2, -0.15) is 0 Å². The van der Waals surface area contributed by atoms with Gasteiger partial charge in [-0.25, -0.2) is 9.59 Å². The fourth-order valence-corrected chi connectivity index (χ4v) is 5.07. The molecule has 2 amide bonds. The molecule has 3 N–H and O–H groups in total. The predicted octanol–water partition coefficient (Wildman–Crippen LogP) is 4.46. The van der Waals surface area contributed by atoms with E-state index in [0.29, 0.717) is 12.8 Å². The van der Waals surface area contributed by atoms with Crippen LogP contribution in [0.3, 0.4) is 0 Å². The Labute approximate surface area is 199 Å². The molecule has 7 nitrogen and oxygen atoms in total. The number of hydrogen-bond donors (Lipinski definition) is 3. The van der Waals surface area contributed by atoms with Crippen LogP contribution in [-0.4, -0.2) is 41.8 Å². The highest BCUT2D eigenvalue weighted by Crippen LogP contribution is 2.44. The van der Waals surface area contributed by atoms with Crippen LogP contribution in [0.4, 0.5) is 4.79 Å². The lowest BCUT2D eigenvalue weighted by Crippen LogP contribution is -2.57. The Morgan fingerprint density at radius 1 is 0.971 bits per heavy atom. The van der Waals surface area contributed by atoms with E-state index in [1.807, 2.05) is 24.3 Å². The predicted molar refractivity (Wildman–Crippen MR) is 128 cm³/mol. The summed E-state index contributed by atoms with van der Waals surface area (Å²) in [6.45, 7) is 3.24. The van der Waals surface area contributed by atoms with Gasteiger partial charge in [0.1, 0.15) is 12.1 Å². The van der Waals surface area contributed by atoms with E-state index in [0.717, 1.165) is 41.5 Å². The number of aliphatic carboxylic acids is 1. The van der Waals surface area contributed by atoms with E-state index < -0.39 is 23.0 Å². The number of carboxylic acid groups (broad SMARTS) is 1. The fourth-order valence-electron chi connectivity index (χ4n) is 5.07. The van der Waals surface area contributed by atoms with Gasteiger partial charge in [0.25, 0.3) is 0 Å². The molecule has 34 heavy (non-hydrogen) atoms. The van der Waals surface area contributed by atoms with Crippen molar-refractivity contribution in [2.75, 3.05) is 13.2 Å². The quantitative estimate of drug-likeness (QED) is 0.561. The van der Waals surface area contributed by atoms with Crippen LogP contribution in [0.1, 0.15) is 63.0 Å². The van der Waals surface area contributed by atoms with Gasteiger partial charge in [0.15, 0.2) is 0 Å². The lowest BCUT2D eigenvalue weighted by Gasteiger charge is -2.38. The summed E-state index contributed by atoms with van der Waals surface area (Å²) in [6.07, 6.45) is 3.34. The maximum Gasteiger partial charge on any atom is 0.407 e. The Kier molecular flexibility index (Phi) is 6.64. The van der Waals surface area contributed by atoms with Crippen molar-refractivity contribution < 1.29 is 24.2 Å². The van der Waals surface area contributed by atoms with Crippen molar-refractivity contribution in [3.05, 3.63) is 59.7 Å². The minimum absolute atomic E-state index is 0.0403. The fraction of sp³-hybridized carbons (Fsp3) is 0.444. The van der Waals surface area contributed by atoms with Gasteiger partial charge in [-0.1, -0.05) is 67.8 Å². The molecular weight excluding hydrogens is 432 g/mol. The summed E-state index contributed by atoms with van der Waals surface area (Å²) in [5, 5.41) is 14.8. The third-order valence-corrected chi connectivity index (χ3v) is 7.17. The second-order valence-corrected chi connectivity index (χ2v) is 9.90. The number of amides is 2. The molecule has 1 fully saturated rings. The first-order valence-corrected chi connectivity index (χ1v) is 11.9. The third kappa shape index (κ3) is 4.65. The minimum Gasteiger partial charge on any atom is -0.480 e. The molecule has 0 heterocycles. The van der Waals surface area contributed by atoms with E-state index in [-0.39, 0.29) is 25.0 Å². The van der Waals surface area contributed by atoms with E-state index in [2.05, 4.69) is 34.9 Å². The Hall–Kier alpha value is -3.35. The lowest BCUT2D eigenvalue weighted by molar-refractivity contribution is -0.148. The summed E-state index contributed by atoms with van der Waals surface area (Å²) < 4.78 is 5.62. The van der Waals surface area contributed by atoms with Crippen molar-refractivity contribution in [3.63, 3.8) is 0 Å². The van der Waals surface area contributed by atoms with Crippen molar-refractivity contribution in [2.24, 2.45) is 5.41 Å². The van der Waals surface area contributed by atoms with E-state index in [4.69, 9.17) is 4.74 Å². The zero-order valence-electron chi connectivity index (χ0n) is 19.7. The number of alkyl carbamates (subject to hydrolysis) is 1. The number of carbonyl (C=O) groups is 3. The normalized spacial score (nSPS) is 16.8. The summed E-state index contributed by atoms with van der Waals surface area (Å²) in [7, 11) is 0. The van der Waals surface area contributed by atoms with Gasteiger partial charge in [-0.05, 0) is 48.9 Å². The number of benzene rings is 2. The number of ether oxygens (including phenoxy) is 1. The molecule has 0 saturated heterocycles. The molecule has 0 bridgehead atoms. The molecular formula is C27H32N2O5. The molecule has 180 valence electrons. The maximum absolute atomic E-state index is 13.1. The summed E-state index contributed by atoms with van der Waals surface area (Å²) in [4.78, 5) is 37.3. The number of carboxylic acids is 1. The van der Waals surface area contributed by atoms with Gasteiger partial charge in [-0.3, -0.25) is 4.79 Å².